The van der Waals surface area contributed by atoms with Gasteiger partial charge in [0.2, 0.25) is 23.6 Å². The van der Waals surface area contributed by atoms with E-state index in [2.05, 4.69) is 21.3 Å². The number of hydrogen-bond donors (Lipinski definition) is 4. The lowest BCUT2D eigenvalue weighted by molar-refractivity contribution is -0.138. The van der Waals surface area contributed by atoms with Crippen LogP contribution in [0.25, 0.3) is 10.8 Å². The Balaban J connectivity index is 1.03. The molecule has 0 radical (unpaired) electrons. The van der Waals surface area contributed by atoms with Crippen LogP contribution >= 0.6 is 0 Å². The van der Waals surface area contributed by atoms with Gasteiger partial charge >= 0.3 is 0 Å². The molecule has 76 heavy (non-hydrogen) atoms. The van der Waals surface area contributed by atoms with Crippen molar-refractivity contribution in [2.24, 2.45) is 0 Å². The second-order valence-electron chi connectivity index (χ2n) is 20.1. The minimum atomic E-state index is -0.890. The van der Waals surface area contributed by atoms with Crippen LogP contribution in [0.15, 0.2) is 158 Å². The van der Waals surface area contributed by atoms with E-state index in [1.54, 1.807) is 27.9 Å². The monoisotopic (exact) mass is 1020 g/mol. The van der Waals surface area contributed by atoms with Crippen molar-refractivity contribution in [1.29, 1.82) is 0 Å². The molecule has 396 valence electrons. The van der Waals surface area contributed by atoms with E-state index >= 15 is 0 Å². The Morgan fingerprint density at radius 1 is 0.500 bits per heavy atom. The van der Waals surface area contributed by atoms with E-state index in [4.69, 9.17) is 0 Å². The molecule has 0 bridgehead atoms. The molecule has 6 amide bonds. The predicted molar refractivity (Wildman–Crippen MR) is 297 cm³/mol. The molecular formula is C62H72N8O6. The summed E-state index contributed by atoms with van der Waals surface area (Å²) >= 11 is 0. The predicted octanol–water partition coefficient (Wildman–Crippen LogP) is 7.12. The first kappa shape index (κ1) is 54.6. The third-order valence-corrected chi connectivity index (χ3v) is 15.1. The number of nitrogens with zero attached hydrogens (tertiary/aromatic N) is 4. The molecule has 0 unspecified atom stereocenters. The number of benzene rings is 6. The lowest BCUT2D eigenvalue weighted by atomic mass is 10.0. The van der Waals surface area contributed by atoms with Crippen molar-refractivity contribution in [3.63, 3.8) is 0 Å². The summed E-state index contributed by atoms with van der Waals surface area (Å²) in [5, 5.41) is 13.5. The van der Waals surface area contributed by atoms with Crippen LogP contribution < -0.4 is 21.3 Å². The number of amides is 6. The van der Waals surface area contributed by atoms with Crippen LogP contribution in [-0.4, -0.2) is 133 Å². The van der Waals surface area contributed by atoms with E-state index in [0.29, 0.717) is 87.2 Å². The maximum Gasteiger partial charge on any atom is 0.253 e. The van der Waals surface area contributed by atoms with Gasteiger partial charge in [0.15, 0.2) is 0 Å². The first-order chi connectivity index (χ1) is 36.9. The van der Waals surface area contributed by atoms with E-state index < -0.39 is 24.2 Å². The van der Waals surface area contributed by atoms with Gasteiger partial charge in [-0.2, -0.15) is 0 Å². The number of likely N-dealkylation sites (tertiary alicyclic amines) is 2. The molecule has 4 N–H and O–H groups in total. The van der Waals surface area contributed by atoms with Gasteiger partial charge in [-0.3, -0.25) is 28.8 Å². The molecule has 0 spiro atoms. The van der Waals surface area contributed by atoms with Gasteiger partial charge in [0, 0.05) is 62.5 Å². The highest BCUT2D eigenvalue weighted by Crippen LogP contribution is 2.29. The van der Waals surface area contributed by atoms with Crippen molar-refractivity contribution in [3.8, 4) is 0 Å². The van der Waals surface area contributed by atoms with Crippen molar-refractivity contribution in [1.82, 2.24) is 40.9 Å². The van der Waals surface area contributed by atoms with Gasteiger partial charge in [0.05, 0.1) is 12.1 Å². The summed E-state index contributed by atoms with van der Waals surface area (Å²) in [4.78, 5) is 92.6. The normalized spacial score (nSPS) is 16.8. The smallest absolute Gasteiger partial charge is 0.253 e. The van der Waals surface area contributed by atoms with E-state index in [9.17, 15) is 28.8 Å². The maximum absolute atomic E-state index is 14.8. The Morgan fingerprint density at radius 3 is 1.21 bits per heavy atom. The van der Waals surface area contributed by atoms with Crippen LogP contribution in [0.5, 0.6) is 0 Å². The van der Waals surface area contributed by atoms with Crippen molar-refractivity contribution in [3.05, 3.63) is 191 Å². The Bertz CT molecular complexity index is 2730. The highest BCUT2D eigenvalue weighted by Gasteiger charge is 2.39. The zero-order chi connectivity index (χ0) is 53.6. The highest BCUT2D eigenvalue weighted by atomic mass is 16.2. The van der Waals surface area contributed by atoms with Crippen LogP contribution in [0.1, 0.15) is 94.6 Å². The fourth-order valence-electron chi connectivity index (χ4n) is 10.4. The SMILES string of the molecule is CN[C@@H](C)C(=O)N[C@H](C(=O)N1CCC[C@H]1CN(CCc1ccccc1)C(=O)c1ccc2cc(C(=O)N(CCc3ccccc3)C[C@@H]3CCCN3C(=O)[C@@H](NC(=O)[C@H](C)NC)c3ccccc3)ccc2c1)c1ccccc1. The number of likely N-dealkylation sites (N-methyl/N-ethyl adjacent to an activating group) is 2. The molecule has 2 aliphatic rings. The molecule has 2 heterocycles. The second kappa shape index (κ2) is 26.2. The van der Waals surface area contributed by atoms with E-state index in [1.807, 2.05) is 177 Å². The lowest BCUT2D eigenvalue weighted by Gasteiger charge is -2.34. The zero-order valence-corrected chi connectivity index (χ0v) is 44.2. The van der Waals surface area contributed by atoms with Gasteiger partial charge in [0.1, 0.15) is 12.1 Å². The summed E-state index contributed by atoms with van der Waals surface area (Å²) < 4.78 is 0. The van der Waals surface area contributed by atoms with Gasteiger partial charge in [0.25, 0.3) is 11.8 Å². The standard InChI is InChI=1S/C62H72N8O6/c1-43(63-3)57(71)65-55(47-23-13-7-14-24-47)61(75)69-35-17-27-53(69)41-67(37-33-45-19-9-5-10-20-45)59(73)51-31-29-50-40-52(32-30-49(50)39-51)60(74)68(38-34-46-21-11-6-12-22-46)42-54-28-18-36-70(54)62(76)56(48-25-15-8-16-26-48)66-58(72)44(2)64-4/h5-16,19-26,29-32,39-40,43-44,53-56,63-64H,17-18,27-28,33-38,41-42H2,1-4H3,(H,65,71)(H,66,72)/t43-,44-,53-,54-,55-,56-/m0/s1. The van der Waals surface area contributed by atoms with Crippen LogP contribution in [0, 0.1) is 0 Å². The van der Waals surface area contributed by atoms with Crippen molar-refractivity contribution >= 4 is 46.2 Å². The minimum absolute atomic E-state index is 0.165. The number of rotatable bonds is 22. The quantitative estimate of drug-likeness (QED) is 0.0559. The molecule has 2 fully saturated rings. The molecule has 2 saturated heterocycles. The van der Waals surface area contributed by atoms with Gasteiger partial charge in [-0.15, -0.1) is 0 Å². The number of fused-ring (bicyclic) bond motifs is 1. The van der Waals surface area contributed by atoms with Crippen LogP contribution in [0.3, 0.4) is 0 Å². The van der Waals surface area contributed by atoms with E-state index in [0.717, 1.165) is 34.7 Å². The Labute approximate surface area is 447 Å². The van der Waals surface area contributed by atoms with Crippen molar-refractivity contribution in [2.75, 3.05) is 53.4 Å². The lowest BCUT2D eigenvalue weighted by Crippen LogP contribution is -2.51. The summed E-state index contributed by atoms with van der Waals surface area (Å²) in [6.07, 6.45) is 4.18. The number of carbonyl (C=O) groups excluding carboxylic acids is 6. The molecule has 6 aromatic carbocycles. The van der Waals surface area contributed by atoms with Gasteiger partial charge < -0.3 is 40.9 Å². The molecule has 0 aromatic heterocycles. The average molecular weight is 1030 g/mol. The molecule has 2 aliphatic heterocycles. The molecule has 0 saturated carbocycles. The largest absolute Gasteiger partial charge is 0.339 e. The Hall–Kier alpha value is -7.68. The van der Waals surface area contributed by atoms with Crippen LogP contribution in [0.4, 0.5) is 0 Å². The van der Waals surface area contributed by atoms with Crippen LogP contribution in [0.2, 0.25) is 0 Å². The summed E-state index contributed by atoms with van der Waals surface area (Å²) in [6, 6.07) is 46.4. The fourth-order valence-corrected chi connectivity index (χ4v) is 10.4. The molecule has 6 atom stereocenters. The summed E-state index contributed by atoms with van der Waals surface area (Å²) in [5.74, 6) is -1.31. The molecule has 6 aromatic rings. The molecule has 0 aliphatic carbocycles. The van der Waals surface area contributed by atoms with Gasteiger partial charge in [-0.25, -0.2) is 0 Å². The van der Waals surface area contributed by atoms with Gasteiger partial charge in [-0.1, -0.05) is 133 Å². The topological polar surface area (TPSA) is 163 Å². The minimum Gasteiger partial charge on any atom is -0.339 e. The molecule has 8 rings (SSSR count). The molecular weight excluding hydrogens is 953 g/mol. The summed E-state index contributed by atoms with van der Waals surface area (Å²) in [6.45, 7) is 5.98. The first-order valence-electron chi connectivity index (χ1n) is 26.8. The Morgan fingerprint density at radius 2 is 0.855 bits per heavy atom. The second-order valence-corrected chi connectivity index (χ2v) is 20.1. The summed E-state index contributed by atoms with van der Waals surface area (Å²) in [7, 11) is 3.41. The van der Waals surface area contributed by atoms with E-state index in [-0.39, 0.29) is 47.5 Å². The number of carbonyl (C=O) groups is 6. The van der Waals surface area contributed by atoms with Crippen molar-refractivity contribution < 1.29 is 28.8 Å². The zero-order valence-electron chi connectivity index (χ0n) is 44.2. The third-order valence-electron chi connectivity index (χ3n) is 15.1. The Kier molecular flexibility index (Phi) is 18.8. The molecule has 14 nitrogen and oxygen atoms in total. The highest BCUT2D eigenvalue weighted by molar-refractivity contribution is 6.02. The number of nitrogens with one attached hydrogen (secondary N) is 4. The average Bonchev–Trinajstić information content (AvgIpc) is 4.15. The maximum atomic E-state index is 14.8. The third kappa shape index (κ3) is 13.6. The molecule has 14 heteroatoms. The summed E-state index contributed by atoms with van der Waals surface area (Å²) in [5.41, 5.74) is 4.54. The van der Waals surface area contributed by atoms with Gasteiger partial charge in [-0.05, 0) is 124 Å². The van der Waals surface area contributed by atoms with Crippen LogP contribution in [-0.2, 0) is 32.0 Å². The fraction of sp³-hybridized carbons (Fsp3) is 0.355. The number of hydrogen-bond acceptors (Lipinski definition) is 8. The van der Waals surface area contributed by atoms with Crippen molar-refractivity contribution in [2.45, 2.75) is 88.6 Å². The first-order valence-corrected chi connectivity index (χ1v) is 26.8. The van der Waals surface area contributed by atoms with E-state index in [1.165, 1.54) is 0 Å².